The molecule has 2 bridgehead atoms. The predicted molar refractivity (Wildman–Crippen MR) is 151 cm³/mol. The van der Waals surface area contributed by atoms with E-state index in [1.54, 1.807) is 0 Å². The van der Waals surface area contributed by atoms with Crippen molar-refractivity contribution in [3.05, 3.63) is 81.9 Å². The highest BCUT2D eigenvalue weighted by molar-refractivity contribution is 6.10. The van der Waals surface area contributed by atoms with Gasteiger partial charge in [-0.3, -0.25) is 4.79 Å². The van der Waals surface area contributed by atoms with Crippen molar-refractivity contribution in [3.8, 4) is 0 Å². The second-order valence-electron chi connectivity index (χ2n) is 12.1. The zero-order valence-corrected chi connectivity index (χ0v) is 23.8. The summed E-state index contributed by atoms with van der Waals surface area (Å²) in [4.78, 5) is 16.1. The van der Waals surface area contributed by atoms with Crippen LogP contribution in [0.5, 0.6) is 0 Å². The van der Waals surface area contributed by atoms with E-state index in [4.69, 9.17) is 0 Å². The maximum absolute atomic E-state index is 14.1. The fourth-order valence-electron chi connectivity index (χ4n) is 6.90. The van der Waals surface area contributed by atoms with Crippen LogP contribution in [-0.2, 0) is 6.42 Å². The summed E-state index contributed by atoms with van der Waals surface area (Å²) in [5.41, 5.74) is 1.96. The average molecular weight is 540 g/mol. The van der Waals surface area contributed by atoms with Gasteiger partial charge in [-0.15, -0.1) is 0 Å². The van der Waals surface area contributed by atoms with Crippen LogP contribution in [0.25, 0.3) is 0 Å². The van der Waals surface area contributed by atoms with Crippen molar-refractivity contribution in [3.63, 3.8) is 0 Å². The molecule has 2 aromatic carbocycles. The first-order valence-corrected chi connectivity index (χ1v) is 14.3. The Balaban J connectivity index is 1.85. The number of ketones is 1. The van der Waals surface area contributed by atoms with Crippen LogP contribution in [0.2, 0.25) is 0 Å². The van der Waals surface area contributed by atoms with Crippen LogP contribution in [0.4, 0.5) is 8.78 Å². The minimum atomic E-state index is -1.06. The molecule has 0 radical (unpaired) electrons. The zero-order valence-electron chi connectivity index (χ0n) is 23.8. The summed E-state index contributed by atoms with van der Waals surface area (Å²) >= 11 is 0. The molecule has 2 aromatic rings. The van der Waals surface area contributed by atoms with Gasteiger partial charge in [0, 0.05) is 23.1 Å². The molecule has 212 valence electrons. The monoisotopic (exact) mass is 539 g/mol. The minimum Gasteiger partial charge on any atom is -0.393 e. The number of aliphatic hydroxyl groups excluding tert-OH is 1. The van der Waals surface area contributed by atoms with Gasteiger partial charge in [0.2, 0.25) is 0 Å². The molecular formula is C33H43F2NO3. The fraction of sp³-hybridized carbons (Fsp3) is 0.545. The van der Waals surface area contributed by atoms with Crippen LogP contribution >= 0.6 is 0 Å². The van der Waals surface area contributed by atoms with Gasteiger partial charge >= 0.3 is 0 Å². The Morgan fingerprint density at radius 1 is 1.10 bits per heavy atom. The molecule has 0 aromatic heterocycles. The normalized spacial score (nSPS) is 27.8. The third-order valence-electron chi connectivity index (χ3n) is 9.23. The van der Waals surface area contributed by atoms with E-state index in [1.807, 2.05) is 25.2 Å². The summed E-state index contributed by atoms with van der Waals surface area (Å²) in [5.74, 6) is -2.52. The molecule has 1 saturated carbocycles. The SMILES string of the molecule is CCCN(C)CC1(O)CCC2c3ccc(cc3C(=O)c3ccc(F)c(F)c3)CC(O)CCC(C)=CCCC21C. The number of fused-ring (bicyclic) bond motifs is 8. The molecule has 4 atom stereocenters. The van der Waals surface area contributed by atoms with E-state index in [0.717, 1.165) is 61.9 Å². The number of halogens is 2. The van der Waals surface area contributed by atoms with Crippen LogP contribution in [-0.4, -0.2) is 52.7 Å². The standard InChI is InChI=1S/C33H43F2NO3/c1-5-17-36(4)21-33(39)16-14-28-26-12-9-23(18-25(37)11-8-22(2)7-6-15-32(28,33)3)19-27(26)31(38)24-10-13-29(34)30(35)20-24/h7,9-10,12-13,19-20,25,28,37,39H,5-6,8,11,14-18,21H2,1-4H3. The van der Waals surface area contributed by atoms with E-state index < -0.39 is 28.8 Å². The molecule has 2 N–H and O–H groups in total. The van der Waals surface area contributed by atoms with Crippen molar-refractivity contribution in [2.75, 3.05) is 20.1 Å². The van der Waals surface area contributed by atoms with E-state index in [0.29, 0.717) is 31.4 Å². The molecule has 0 amide bonds. The largest absolute Gasteiger partial charge is 0.393 e. The Labute approximate surface area is 231 Å². The summed E-state index contributed by atoms with van der Waals surface area (Å²) in [5, 5.41) is 23.0. The maximum atomic E-state index is 14.1. The van der Waals surface area contributed by atoms with Crippen molar-refractivity contribution in [2.24, 2.45) is 5.41 Å². The first kappa shape index (κ1) is 29.6. The number of benzene rings is 2. The van der Waals surface area contributed by atoms with Crippen LogP contribution in [0.1, 0.15) is 98.7 Å². The van der Waals surface area contributed by atoms with Gasteiger partial charge in [-0.2, -0.15) is 0 Å². The summed E-state index contributed by atoms with van der Waals surface area (Å²) in [6.45, 7) is 7.82. The second-order valence-corrected chi connectivity index (χ2v) is 12.1. The molecule has 5 rings (SSSR count). The molecule has 3 aliphatic carbocycles. The van der Waals surface area contributed by atoms with Gasteiger partial charge in [0.15, 0.2) is 17.4 Å². The quantitative estimate of drug-likeness (QED) is 0.322. The van der Waals surface area contributed by atoms with Crippen LogP contribution < -0.4 is 0 Å². The van der Waals surface area contributed by atoms with Crippen molar-refractivity contribution in [1.82, 2.24) is 4.90 Å². The molecule has 3 aliphatic rings. The third-order valence-corrected chi connectivity index (χ3v) is 9.23. The van der Waals surface area contributed by atoms with Gasteiger partial charge < -0.3 is 15.1 Å². The highest BCUT2D eigenvalue weighted by atomic mass is 19.2. The molecular weight excluding hydrogens is 496 g/mol. The van der Waals surface area contributed by atoms with Gasteiger partial charge in [-0.05, 0) is 113 Å². The Kier molecular flexibility index (Phi) is 9.09. The van der Waals surface area contributed by atoms with Crippen molar-refractivity contribution < 1.29 is 23.8 Å². The highest BCUT2D eigenvalue weighted by Crippen LogP contribution is 2.58. The predicted octanol–water partition coefficient (Wildman–Crippen LogP) is 6.58. The Morgan fingerprint density at radius 2 is 1.87 bits per heavy atom. The zero-order chi connectivity index (χ0) is 28.4. The number of aliphatic hydroxyl groups is 2. The Bertz CT molecular complexity index is 1230. The molecule has 39 heavy (non-hydrogen) atoms. The summed E-state index contributed by atoms with van der Waals surface area (Å²) in [6.07, 6.45) is 7.34. The van der Waals surface area contributed by atoms with Gasteiger partial charge in [-0.25, -0.2) is 8.78 Å². The number of rotatable bonds is 6. The average Bonchev–Trinajstić information content (AvgIpc) is 3.13. The Hall–Kier alpha value is -2.41. The van der Waals surface area contributed by atoms with E-state index in [1.165, 1.54) is 11.6 Å². The van der Waals surface area contributed by atoms with Crippen LogP contribution in [0.3, 0.4) is 0 Å². The lowest BCUT2D eigenvalue weighted by Gasteiger charge is -2.45. The second kappa shape index (κ2) is 12.0. The number of likely N-dealkylation sites (N-methyl/N-ethyl adjacent to an activating group) is 1. The van der Waals surface area contributed by atoms with Gasteiger partial charge in [0.05, 0.1) is 11.7 Å². The van der Waals surface area contributed by atoms with Crippen molar-refractivity contribution in [1.29, 1.82) is 0 Å². The lowest BCUT2D eigenvalue weighted by atomic mass is 9.64. The van der Waals surface area contributed by atoms with Gasteiger partial charge in [0.1, 0.15) is 0 Å². The molecule has 4 unspecified atom stereocenters. The Morgan fingerprint density at radius 3 is 2.59 bits per heavy atom. The first-order chi connectivity index (χ1) is 18.5. The topological polar surface area (TPSA) is 60.8 Å². The third kappa shape index (κ3) is 6.18. The molecule has 0 aliphatic heterocycles. The fourth-order valence-corrected chi connectivity index (χ4v) is 6.90. The molecule has 4 nitrogen and oxygen atoms in total. The van der Waals surface area contributed by atoms with E-state index in [-0.39, 0.29) is 17.3 Å². The van der Waals surface area contributed by atoms with Crippen LogP contribution in [0, 0.1) is 17.0 Å². The van der Waals surface area contributed by atoms with Crippen LogP contribution in [0.15, 0.2) is 48.0 Å². The number of carbonyl (C=O) groups is 1. The number of nitrogens with zero attached hydrogens (tertiary/aromatic N) is 1. The summed E-state index contributed by atoms with van der Waals surface area (Å²) in [7, 11) is 2.05. The van der Waals surface area contributed by atoms with E-state index in [2.05, 4.69) is 31.7 Å². The summed E-state index contributed by atoms with van der Waals surface area (Å²) < 4.78 is 27.8. The van der Waals surface area contributed by atoms with Gasteiger partial charge in [-0.1, -0.05) is 37.6 Å². The molecule has 6 heteroatoms. The molecule has 1 fully saturated rings. The molecule has 0 saturated heterocycles. The van der Waals surface area contributed by atoms with E-state index in [9.17, 15) is 23.8 Å². The smallest absolute Gasteiger partial charge is 0.193 e. The maximum Gasteiger partial charge on any atom is 0.193 e. The number of carbonyl (C=O) groups excluding carboxylic acids is 1. The number of hydrogen-bond donors (Lipinski definition) is 2. The first-order valence-electron chi connectivity index (χ1n) is 14.3. The lowest BCUT2D eigenvalue weighted by molar-refractivity contribution is -0.0799. The minimum absolute atomic E-state index is 0.0881. The highest BCUT2D eigenvalue weighted by Gasteiger charge is 2.57. The number of allylic oxidation sites excluding steroid dienone is 2. The van der Waals surface area contributed by atoms with Crippen molar-refractivity contribution in [2.45, 2.75) is 89.8 Å². The molecule has 0 spiro atoms. The van der Waals surface area contributed by atoms with Gasteiger partial charge in [0.25, 0.3) is 0 Å². The number of hydrogen-bond acceptors (Lipinski definition) is 4. The van der Waals surface area contributed by atoms with E-state index >= 15 is 0 Å². The summed E-state index contributed by atoms with van der Waals surface area (Å²) in [6, 6.07) is 9.01. The molecule has 0 heterocycles. The lowest BCUT2D eigenvalue weighted by Crippen LogP contribution is -2.51. The van der Waals surface area contributed by atoms with Crippen molar-refractivity contribution >= 4 is 5.78 Å².